The van der Waals surface area contributed by atoms with E-state index in [4.69, 9.17) is 4.74 Å². The number of amides is 1. The Morgan fingerprint density at radius 1 is 0.694 bits per heavy atom. The van der Waals surface area contributed by atoms with Gasteiger partial charge in [0.25, 0.3) is 5.91 Å². The Hall–Kier alpha value is -4.09. The average Bonchev–Trinajstić information content (AvgIpc) is 2.94. The van der Waals surface area contributed by atoms with Crippen LogP contribution in [-0.2, 0) is 13.2 Å². The number of anilines is 2. The van der Waals surface area contributed by atoms with Crippen LogP contribution in [0.15, 0.2) is 109 Å². The summed E-state index contributed by atoms with van der Waals surface area (Å²) < 4.78 is 5.81. The van der Waals surface area contributed by atoms with E-state index in [-0.39, 0.29) is 5.91 Å². The van der Waals surface area contributed by atoms with Gasteiger partial charge in [0.15, 0.2) is 0 Å². The molecule has 4 aromatic rings. The molecule has 1 fully saturated rings. The van der Waals surface area contributed by atoms with Gasteiger partial charge in [0.2, 0.25) is 0 Å². The van der Waals surface area contributed by atoms with Gasteiger partial charge in [0.1, 0.15) is 12.4 Å². The third kappa shape index (κ3) is 6.32. The Labute approximate surface area is 212 Å². The number of nitrogens with one attached hydrogen (secondary N) is 1. The predicted molar refractivity (Wildman–Crippen MR) is 146 cm³/mol. The maximum Gasteiger partial charge on any atom is 0.255 e. The van der Waals surface area contributed by atoms with Crippen molar-refractivity contribution in [2.45, 2.75) is 13.2 Å². The Balaban J connectivity index is 1.10. The van der Waals surface area contributed by atoms with E-state index in [1.807, 2.05) is 54.6 Å². The van der Waals surface area contributed by atoms with Crippen LogP contribution in [0.5, 0.6) is 5.75 Å². The van der Waals surface area contributed by atoms with Gasteiger partial charge in [-0.3, -0.25) is 9.69 Å². The van der Waals surface area contributed by atoms with Crippen LogP contribution in [0, 0.1) is 0 Å². The first-order chi connectivity index (χ1) is 17.7. The molecule has 5 nitrogen and oxygen atoms in total. The highest BCUT2D eigenvalue weighted by molar-refractivity contribution is 6.04. The summed E-state index contributed by atoms with van der Waals surface area (Å²) in [5, 5.41) is 2.99. The molecular weight excluding hydrogens is 446 g/mol. The zero-order valence-corrected chi connectivity index (χ0v) is 20.3. The van der Waals surface area contributed by atoms with Crippen LogP contribution in [0.4, 0.5) is 11.4 Å². The third-order valence-corrected chi connectivity index (χ3v) is 6.48. The van der Waals surface area contributed by atoms with Crippen LogP contribution in [0.1, 0.15) is 21.5 Å². The first-order valence-electron chi connectivity index (χ1n) is 12.4. The summed E-state index contributed by atoms with van der Waals surface area (Å²) in [6, 6.07) is 36.0. The predicted octanol–water partition coefficient (Wildman–Crippen LogP) is 5.84. The number of benzene rings is 4. The Bertz CT molecular complexity index is 1230. The molecule has 36 heavy (non-hydrogen) atoms. The number of carbonyl (C=O) groups excluding carboxylic acids is 1. The van der Waals surface area contributed by atoms with Gasteiger partial charge in [-0.25, -0.2) is 0 Å². The maximum absolute atomic E-state index is 12.7. The van der Waals surface area contributed by atoms with E-state index in [1.165, 1.54) is 11.3 Å². The van der Waals surface area contributed by atoms with Gasteiger partial charge in [0.05, 0.1) is 0 Å². The quantitative estimate of drug-likeness (QED) is 0.346. The van der Waals surface area contributed by atoms with Gasteiger partial charge in [0, 0.05) is 49.7 Å². The molecule has 1 amide bonds. The van der Waals surface area contributed by atoms with Crippen molar-refractivity contribution in [2.24, 2.45) is 0 Å². The van der Waals surface area contributed by atoms with Crippen LogP contribution in [0.2, 0.25) is 0 Å². The summed E-state index contributed by atoms with van der Waals surface area (Å²) in [5.41, 5.74) is 5.04. The molecule has 0 radical (unpaired) electrons. The van der Waals surface area contributed by atoms with Gasteiger partial charge in [-0.1, -0.05) is 60.7 Å². The Morgan fingerprint density at radius 2 is 1.31 bits per heavy atom. The summed E-state index contributed by atoms with van der Waals surface area (Å²) in [5.74, 6) is 0.607. The number of ether oxygens (including phenoxy) is 1. The molecule has 1 saturated heterocycles. The molecule has 0 bridgehead atoms. The summed E-state index contributed by atoms with van der Waals surface area (Å²) in [6.45, 7) is 5.58. The molecule has 4 aromatic carbocycles. The van der Waals surface area contributed by atoms with E-state index in [2.05, 4.69) is 57.6 Å². The molecule has 0 unspecified atom stereocenters. The highest BCUT2D eigenvalue weighted by Gasteiger charge is 2.17. The van der Waals surface area contributed by atoms with E-state index in [9.17, 15) is 4.79 Å². The second-order valence-electron chi connectivity index (χ2n) is 9.05. The lowest BCUT2D eigenvalue weighted by Crippen LogP contribution is -2.45. The number of piperazine rings is 1. The van der Waals surface area contributed by atoms with Crippen molar-refractivity contribution in [3.63, 3.8) is 0 Å². The van der Waals surface area contributed by atoms with Gasteiger partial charge in [-0.05, 0) is 59.7 Å². The summed E-state index contributed by atoms with van der Waals surface area (Å²) in [4.78, 5) is 17.6. The molecule has 1 N–H and O–H groups in total. The zero-order chi connectivity index (χ0) is 24.6. The number of hydrogen-bond donors (Lipinski definition) is 1. The maximum atomic E-state index is 12.7. The average molecular weight is 478 g/mol. The minimum atomic E-state index is -0.133. The number of hydrogen-bond acceptors (Lipinski definition) is 4. The van der Waals surface area contributed by atoms with E-state index < -0.39 is 0 Å². The van der Waals surface area contributed by atoms with Crippen molar-refractivity contribution >= 4 is 17.3 Å². The first-order valence-corrected chi connectivity index (χ1v) is 12.4. The minimum Gasteiger partial charge on any atom is -0.489 e. The van der Waals surface area contributed by atoms with Gasteiger partial charge >= 0.3 is 0 Å². The van der Waals surface area contributed by atoms with Crippen molar-refractivity contribution in [3.05, 3.63) is 126 Å². The lowest BCUT2D eigenvalue weighted by molar-refractivity contribution is 0.102. The molecule has 0 spiro atoms. The smallest absolute Gasteiger partial charge is 0.255 e. The molecule has 1 heterocycles. The molecular formula is C31H31N3O2. The molecule has 0 aromatic heterocycles. The summed E-state index contributed by atoms with van der Waals surface area (Å²) in [7, 11) is 0. The van der Waals surface area contributed by atoms with Crippen LogP contribution >= 0.6 is 0 Å². The SMILES string of the molecule is O=C(Nc1ccc(N2CCN(Cc3ccccc3)CC2)cc1)c1ccc(OCc2ccccc2)cc1. The number of rotatable bonds is 8. The molecule has 5 heteroatoms. The fourth-order valence-electron chi connectivity index (χ4n) is 4.41. The summed E-state index contributed by atoms with van der Waals surface area (Å²) in [6.07, 6.45) is 0. The van der Waals surface area contributed by atoms with Gasteiger partial charge in [-0.2, -0.15) is 0 Å². The highest BCUT2D eigenvalue weighted by Crippen LogP contribution is 2.21. The lowest BCUT2D eigenvalue weighted by atomic mass is 10.1. The number of nitrogens with zero attached hydrogens (tertiary/aromatic N) is 2. The van der Waals surface area contributed by atoms with E-state index in [0.717, 1.165) is 49.7 Å². The monoisotopic (exact) mass is 477 g/mol. The molecule has 1 aliphatic heterocycles. The second-order valence-corrected chi connectivity index (χ2v) is 9.05. The first kappa shape index (κ1) is 23.6. The van der Waals surface area contributed by atoms with Crippen LogP contribution < -0.4 is 15.0 Å². The van der Waals surface area contributed by atoms with Crippen molar-refractivity contribution in [1.29, 1.82) is 0 Å². The Morgan fingerprint density at radius 3 is 1.94 bits per heavy atom. The Kier molecular flexibility index (Phi) is 7.59. The third-order valence-electron chi connectivity index (χ3n) is 6.48. The standard InChI is InChI=1S/C31H31N3O2/c35-31(27-11-17-30(18-12-27)36-24-26-9-5-2-6-10-26)32-28-13-15-29(16-14-28)34-21-19-33(20-22-34)23-25-7-3-1-4-8-25/h1-18H,19-24H2,(H,32,35). The number of carbonyl (C=O) groups is 1. The largest absolute Gasteiger partial charge is 0.489 e. The van der Waals surface area contributed by atoms with Crippen molar-refractivity contribution in [3.8, 4) is 5.75 Å². The molecule has 1 aliphatic rings. The molecule has 0 aliphatic carbocycles. The van der Waals surface area contributed by atoms with E-state index >= 15 is 0 Å². The van der Waals surface area contributed by atoms with Crippen LogP contribution in [0.3, 0.4) is 0 Å². The topological polar surface area (TPSA) is 44.8 Å². The second kappa shape index (κ2) is 11.6. The molecule has 5 rings (SSSR count). The molecule has 0 atom stereocenters. The lowest BCUT2D eigenvalue weighted by Gasteiger charge is -2.36. The normalized spacial score (nSPS) is 13.8. The fraction of sp³-hybridized carbons (Fsp3) is 0.194. The zero-order valence-electron chi connectivity index (χ0n) is 20.3. The van der Waals surface area contributed by atoms with Crippen molar-refractivity contribution in [2.75, 3.05) is 36.4 Å². The highest BCUT2D eigenvalue weighted by atomic mass is 16.5. The van der Waals surface area contributed by atoms with Crippen LogP contribution in [0.25, 0.3) is 0 Å². The van der Waals surface area contributed by atoms with E-state index in [1.54, 1.807) is 12.1 Å². The fourth-order valence-corrected chi connectivity index (χ4v) is 4.41. The molecule has 182 valence electrons. The molecule has 0 saturated carbocycles. The van der Waals surface area contributed by atoms with Crippen molar-refractivity contribution in [1.82, 2.24) is 4.90 Å². The van der Waals surface area contributed by atoms with Gasteiger partial charge in [-0.15, -0.1) is 0 Å². The van der Waals surface area contributed by atoms with E-state index in [0.29, 0.717) is 12.2 Å². The van der Waals surface area contributed by atoms with Crippen LogP contribution in [-0.4, -0.2) is 37.0 Å². The van der Waals surface area contributed by atoms with Gasteiger partial charge < -0.3 is 15.0 Å². The van der Waals surface area contributed by atoms with Crippen molar-refractivity contribution < 1.29 is 9.53 Å². The minimum absolute atomic E-state index is 0.133. The summed E-state index contributed by atoms with van der Waals surface area (Å²) >= 11 is 0.